The van der Waals surface area contributed by atoms with Crippen LogP contribution in [0.15, 0.2) is 66.7 Å². The largest absolute Gasteiger partial charge is 0.496 e. The van der Waals surface area contributed by atoms with E-state index in [-0.39, 0.29) is 11.6 Å². The summed E-state index contributed by atoms with van der Waals surface area (Å²) in [6.45, 7) is 1.56. The second-order valence-electron chi connectivity index (χ2n) is 5.97. The summed E-state index contributed by atoms with van der Waals surface area (Å²) in [5.74, 6) is 0.548. The van der Waals surface area contributed by atoms with E-state index in [0.717, 1.165) is 28.0 Å². The highest BCUT2D eigenvalue weighted by Gasteiger charge is 2.10. The fourth-order valence-electron chi connectivity index (χ4n) is 2.83. The number of ether oxygens (including phenoxy) is 1. The van der Waals surface area contributed by atoms with E-state index >= 15 is 0 Å². The molecule has 25 heavy (non-hydrogen) atoms. The molecule has 0 spiro atoms. The van der Waals surface area contributed by atoms with Crippen molar-refractivity contribution >= 4 is 5.78 Å². The monoisotopic (exact) mass is 334 g/mol. The average molecular weight is 334 g/mol. The van der Waals surface area contributed by atoms with Crippen molar-refractivity contribution in [2.24, 2.45) is 0 Å². The Morgan fingerprint density at radius 3 is 2.36 bits per heavy atom. The summed E-state index contributed by atoms with van der Waals surface area (Å²) in [5.41, 5.74) is 4.67. The highest BCUT2D eigenvalue weighted by Crippen LogP contribution is 2.32. The Morgan fingerprint density at radius 2 is 1.68 bits per heavy atom. The fourth-order valence-corrected chi connectivity index (χ4v) is 2.83. The molecule has 0 bridgehead atoms. The lowest BCUT2D eigenvalue weighted by molar-refractivity contribution is 0.101. The molecule has 0 aliphatic heterocycles. The SMILES string of the molecule is COc1ccc(Cc2ccc(F)cc2)cc1-c1cccc(C(C)=O)c1. The van der Waals surface area contributed by atoms with Crippen LogP contribution in [0.1, 0.15) is 28.4 Å². The standard InChI is InChI=1S/C22H19FO2/c1-15(24)18-4-3-5-19(14-18)21-13-17(8-11-22(21)25-2)12-16-6-9-20(23)10-7-16/h3-11,13-14H,12H2,1-2H3. The van der Waals surface area contributed by atoms with E-state index in [1.54, 1.807) is 32.2 Å². The van der Waals surface area contributed by atoms with Crippen LogP contribution in [0.3, 0.4) is 0 Å². The molecule has 2 nitrogen and oxygen atoms in total. The van der Waals surface area contributed by atoms with E-state index in [2.05, 4.69) is 6.07 Å². The Kier molecular flexibility index (Phi) is 4.94. The maximum atomic E-state index is 13.1. The lowest BCUT2D eigenvalue weighted by Crippen LogP contribution is -1.95. The van der Waals surface area contributed by atoms with Crippen LogP contribution in [0, 0.1) is 5.82 Å². The fraction of sp³-hybridized carbons (Fsp3) is 0.136. The zero-order chi connectivity index (χ0) is 17.8. The zero-order valence-electron chi connectivity index (χ0n) is 14.3. The van der Waals surface area contributed by atoms with E-state index in [0.29, 0.717) is 12.0 Å². The maximum absolute atomic E-state index is 13.1. The Labute approximate surface area is 146 Å². The van der Waals surface area contributed by atoms with Gasteiger partial charge in [-0.05, 0) is 60.4 Å². The summed E-state index contributed by atoms with van der Waals surface area (Å²) in [7, 11) is 1.63. The van der Waals surface area contributed by atoms with Gasteiger partial charge in [0, 0.05) is 11.1 Å². The molecule has 0 saturated carbocycles. The van der Waals surface area contributed by atoms with Crippen molar-refractivity contribution < 1.29 is 13.9 Å². The molecule has 0 N–H and O–H groups in total. The van der Waals surface area contributed by atoms with Gasteiger partial charge in [-0.3, -0.25) is 4.79 Å². The smallest absolute Gasteiger partial charge is 0.159 e. The highest BCUT2D eigenvalue weighted by atomic mass is 19.1. The van der Waals surface area contributed by atoms with Gasteiger partial charge in [0.15, 0.2) is 5.78 Å². The molecule has 3 aromatic carbocycles. The van der Waals surface area contributed by atoms with E-state index in [4.69, 9.17) is 4.74 Å². The number of halogens is 1. The molecule has 0 aliphatic carbocycles. The summed E-state index contributed by atoms with van der Waals surface area (Å²) >= 11 is 0. The van der Waals surface area contributed by atoms with Gasteiger partial charge in [0.25, 0.3) is 0 Å². The lowest BCUT2D eigenvalue weighted by atomic mass is 9.96. The molecule has 3 aromatic rings. The van der Waals surface area contributed by atoms with Crippen molar-refractivity contribution in [3.8, 4) is 16.9 Å². The van der Waals surface area contributed by atoms with Crippen molar-refractivity contribution in [1.82, 2.24) is 0 Å². The van der Waals surface area contributed by atoms with Crippen molar-refractivity contribution in [1.29, 1.82) is 0 Å². The lowest BCUT2D eigenvalue weighted by Gasteiger charge is -2.12. The van der Waals surface area contributed by atoms with Crippen molar-refractivity contribution in [3.05, 3.63) is 89.2 Å². The van der Waals surface area contributed by atoms with Gasteiger partial charge < -0.3 is 4.74 Å². The minimum atomic E-state index is -0.236. The molecule has 0 aliphatic rings. The predicted octanol–water partition coefficient (Wildman–Crippen LogP) is 5.29. The molecule has 3 heteroatoms. The van der Waals surface area contributed by atoms with Gasteiger partial charge >= 0.3 is 0 Å². The van der Waals surface area contributed by atoms with E-state index in [9.17, 15) is 9.18 Å². The first-order chi connectivity index (χ1) is 12.1. The van der Waals surface area contributed by atoms with E-state index in [1.807, 2.05) is 30.3 Å². The number of ketones is 1. The van der Waals surface area contributed by atoms with Crippen LogP contribution in [0.4, 0.5) is 4.39 Å². The quantitative estimate of drug-likeness (QED) is 0.592. The van der Waals surface area contributed by atoms with Gasteiger partial charge in [-0.2, -0.15) is 0 Å². The number of carbonyl (C=O) groups is 1. The molecule has 0 aromatic heterocycles. The zero-order valence-corrected chi connectivity index (χ0v) is 14.3. The second kappa shape index (κ2) is 7.31. The molecule has 0 unspecified atom stereocenters. The van der Waals surface area contributed by atoms with E-state index in [1.165, 1.54) is 12.1 Å². The highest BCUT2D eigenvalue weighted by molar-refractivity contribution is 5.95. The minimum absolute atomic E-state index is 0.0308. The third-order valence-electron chi connectivity index (χ3n) is 4.17. The van der Waals surface area contributed by atoms with Crippen LogP contribution in [-0.4, -0.2) is 12.9 Å². The van der Waals surface area contributed by atoms with Crippen LogP contribution in [-0.2, 0) is 6.42 Å². The second-order valence-corrected chi connectivity index (χ2v) is 5.97. The number of hydrogen-bond acceptors (Lipinski definition) is 2. The molecule has 0 radical (unpaired) electrons. The number of rotatable bonds is 5. The van der Waals surface area contributed by atoms with Crippen LogP contribution >= 0.6 is 0 Å². The summed E-state index contributed by atoms with van der Waals surface area (Å²) in [6.07, 6.45) is 0.698. The van der Waals surface area contributed by atoms with Crippen molar-refractivity contribution in [3.63, 3.8) is 0 Å². The van der Waals surface area contributed by atoms with E-state index < -0.39 is 0 Å². The summed E-state index contributed by atoms with van der Waals surface area (Å²) in [4.78, 5) is 11.7. The van der Waals surface area contributed by atoms with Crippen LogP contribution in [0.5, 0.6) is 5.75 Å². The number of hydrogen-bond donors (Lipinski definition) is 0. The number of Topliss-reactive ketones (excluding diaryl/α,β-unsaturated/α-hetero) is 1. The van der Waals surface area contributed by atoms with Gasteiger partial charge in [0.1, 0.15) is 11.6 Å². The van der Waals surface area contributed by atoms with Crippen LogP contribution in [0.25, 0.3) is 11.1 Å². The first-order valence-corrected chi connectivity index (χ1v) is 8.09. The Balaban J connectivity index is 1.99. The van der Waals surface area contributed by atoms with Crippen molar-refractivity contribution in [2.75, 3.05) is 7.11 Å². The van der Waals surface area contributed by atoms with Gasteiger partial charge in [-0.1, -0.05) is 36.4 Å². The molecule has 126 valence electrons. The third-order valence-corrected chi connectivity index (χ3v) is 4.17. The molecule has 0 atom stereocenters. The maximum Gasteiger partial charge on any atom is 0.159 e. The molecule has 3 rings (SSSR count). The van der Waals surface area contributed by atoms with Gasteiger partial charge in [-0.15, -0.1) is 0 Å². The topological polar surface area (TPSA) is 26.3 Å². The predicted molar refractivity (Wildman–Crippen MR) is 97.6 cm³/mol. The summed E-state index contributed by atoms with van der Waals surface area (Å²) < 4.78 is 18.6. The summed E-state index contributed by atoms with van der Waals surface area (Å²) in [6, 6.07) is 20.0. The Morgan fingerprint density at radius 1 is 0.960 bits per heavy atom. The number of carbonyl (C=O) groups excluding carboxylic acids is 1. The average Bonchev–Trinajstić information content (AvgIpc) is 2.63. The van der Waals surface area contributed by atoms with Crippen LogP contribution in [0.2, 0.25) is 0 Å². The minimum Gasteiger partial charge on any atom is -0.496 e. The molecular formula is C22H19FO2. The molecule has 0 amide bonds. The number of methoxy groups -OCH3 is 1. The van der Waals surface area contributed by atoms with Crippen LogP contribution < -0.4 is 4.74 Å². The van der Waals surface area contributed by atoms with Gasteiger partial charge in [0.05, 0.1) is 7.11 Å². The number of benzene rings is 3. The Bertz CT molecular complexity index is 898. The van der Waals surface area contributed by atoms with Gasteiger partial charge in [0.2, 0.25) is 0 Å². The third kappa shape index (κ3) is 3.94. The van der Waals surface area contributed by atoms with Gasteiger partial charge in [-0.25, -0.2) is 4.39 Å². The summed E-state index contributed by atoms with van der Waals surface area (Å²) in [5, 5.41) is 0. The Hall–Kier alpha value is -2.94. The normalized spacial score (nSPS) is 10.5. The first-order valence-electron chi connectivity index (χ1n) is 8.09. The molecular weight excluding hydrogens is 315 g/mol. The molecule has 0 fully saturated rings. The molecule has 0 heterocycles. The molecule has 0 saturated heterocycles. The van der Waals surface area contributed by atoms with Crippen molar-refractivity contribution in [2.45, 2.75) is 13.3 Å². The first kappa shape index (κ1) is 16.9.